The van der Waals surface area contributed by atoms with E-state index >= 15 is 0 Å². The molecule has 1 aromatic rings. The third kappa shape index (κ3) is 4.73. The lowest BCUT2D eigenvalue weighted by Gasteiger charge is -2.37. The maximum Gasteiger partial charge on any atom is 0.227 e. The van der Waals surface area contributed by atoms with Crippen LogP contribution in [0.2, 0.25) is 0 Å². The molecule has 0 spiro atoms. The SMILES string of the molecule is COc1ccc(CC(=O)N2CCN(C(=O)C3CCCCC3)CC2)c(OC)c1. The van der Waals surface area contributed by atoms with E-state index in [2.05, 4.69) is 0 Å². The first kappa shape index (κ1) is 19.5. The molecule has 2 fully saturated rings. The molecule has 0 aromatic heterocycles. The Morgan fingerprint density at radius 1 is 0.963 bits per heavy atom. The number of ether oxygens (including phenoxy) is 2. The Kier molecular flexibility index (Phi) is 6.58. The summed E-state index contributed by atoms with van der Waals surface area (Å²) < 4.78 is 10.6. The Hall–Kier alpha value is -2.24. The largest absolute Gasteiger partial charge is 0.497 e. The molecule has 0 N–H and O–H groups in total. The molecule has 148 valence electrons. The number of hydrogen-bond acceptors (Lipinski definition) is 4. The van der Waals surface area contributed by atoms with E-state index in [1.165, 1.54) is 19.3 Å². The van der Waals surface area contributed by atoms with Gasteiger partial charge in [0, 0.05) is 43.7 Å². The fourth-order valence-electron chi connectivity index (χ4n) is 4.06. The van der Waals surface area contributed by atoms with E-state index < -0.39 is 0 Å². The zero-order valence-electron chi connectivity index (χ0n) is 16.4. The maximum absolute atomic E-state index is 12.7. The molecule has 6 nitrogen and oxygen atoms in total. The number of carbonyl (C=O) groups is 2. The standard InChI is InChI=1S/C21H30N2O4/c1-26-18-9-8-17(19(15-18)27-2)14-20(24)22-10-12-23(13-11-22)21(25)16-6-4-3-5-7-16/h8-9,15-16H,3-7,10-14H2,1-2H3. The summed E-state index contributed by atoms with van der Waals surface area (Å²) in [6.07, 6.45) is 5.92. The van der Waals surface area contributed by atoms with Crippen LogP contribution in [0.4, 0.5) is 0 Å². The molecule has 1 aliphatic carbocycles. The van der Waals surface area contributed by atoms with Crippen LogP contribution in [-0.2, 0) is 16.0 Å². The van der Waals surface area contributed by atoms with Crippen LogP contribution in [0, 0.1) is 5.92 Å². The van der Waals surface area contributed by atoms with Crippen molar-refractivity contribution in [2.45, 2.75) is 38.5 Å². The van der Waals surface area contributed by atoms with Crippen molar-refractivity contribution >= 4 is 11.8 Å². The van der Waals surface area contributed by atoms with E-state index in [0.717, 1.165) is 18.4 Å². The first-order valence-electron chi connectivity index (χ1n) is 9.90. The molecule has 1 aliphatic heterocycles. The molecule has 1 aromatic carbocycles. The highest BCUT2D eigenvalue weighted by Gasteiger charge is 2.29. The van der Waals surface area contributed by atoms with Crippen molar-refractivity contribution in [3.8, 4) is 11.5 Å². The van der Waals surface area contributed by atoms with E-state index in [1.807, 2.05) is 21.9 Å². The molecule has 0 bridgehead atoms. The van der Waals surface area contributed by atoms with Gasteiger partial charge in [0.1, 0.15) is 11.5 Å². The summed E-state index contributed by atoms with van der Waals surface area (Å²) >= 11 is 0. The van der Waals surface area contributed by atoms with Crippen LogP contribution >= 0.6 is 0 Å². The van der Waals surface area contributed by atoms with E-state index in [-0.39, 0.29) is 11.8 Å². The molecule has 1 saturated heterocycles. The Morgan fingerprint density at radius 2 is 1.63 bits per heavy atom. The predicted octanol–water partition coefficient (Wildman–Crippen LogP) is 2.50. The van der Waals surface area contributed by atoms with E-state index in [0.29, 0.717) is 50.0 Å². The Labute approximate surface area is 161 Å². The zero-order chi connectivity index (χ0) is 19.2. The molecule has 0 atom stereocenters. The second kappa shape index (κ2) is 9.11. The smallest absolute Gasteiger partial charge is 0.227 e. The topological polar surface area (TPSA) is 59.1 Å². The average Bonchev–Trinajstić information content (AvgIpc) is 2.74. The quantitative estimate of drug-likeness (QED) is 0.795. The van der Waals surface area contributed by atoms with E-state index in [1.54, 1.807) is 20.3 Å². The Morgan fingerprint density at radius 3 is 2.26 bits per heavy atom. The van der Waals surface area contributed by atoms with Crippen LogP contribution in [-0.4, -0.2) is 62.0 Å². The van der Waals surface area contributed by atoms with Crippen molar-refractivity contribution in [1.29, 1.82) is 0 Å². The molecule has 0 unspecified atom stereocenters. The summed E-state index contributed by atoms with van der Waals surface area (Å²) in [4.78, 5) is 29.2. The van der Waals surface area contributed by atoms with Gasteiger partial charge in [-0.2, -0.15) is 0 Å². The van der Waals surface area contributed by atoms with Gasteiger partial charge in [0.05, 0.1) is 20.6 Å². The molecule has 2 amide bonds. The number of nitrogens with zero attached hydrogens (tertiary/aromatic N) is 2. The van der Waals surface area contributed by atoms with Gasteiger partial charge in [0.25, 0.3) is 0 Å². The normalized spacial score (nSPS) is 18.3. The average molecular weight is 374 g/mol. The predicted molar refractivity (Wildman–Crippen MR) is 103 cm³/mol. The van der Waals surface area contributed by atoms with Gasteiger partial charge in [-0.1, -0.05) is 25.3 Å². The van der Waals surface area contributed by atoms with Gasteiger partial charge in [-0.15, -0.1) is 0 Å². The van der Waals surface area contributed by atoms with Gasteiger partial charge in [0.2, 0.25) is 11.8 Å². The molecule has 1 heterocycles. The van der Waals surface area contributed by atoms with E-state index in [9.17, 15) is 9.59 Å². The fourth-order valence-corrected chi connectivity index (χ4v) is 4.06. The second-order valence-corrected chi connectivity index (χ2v) is 7.40. The molecule has 3 rings (SSSR count). The minimum atomic E-state index is 0.0724. The Balaban J connectivity index is 1.53. The third-order valence-electron chi connectivity index (χ3n) is 5.73. The lowest BCUT2D eigenvalue weighted by atomic mass is 9.88. The van der Waals surface area contributed by atoms with Gasteiger partial charge >= 0.3 is 0 Å². The van der Waals surface area contributed by atoms with Gasteiger partial charge in [0.15, 0.2) is 0 Å². The second-order valence-electron chi connectivity index (χ2n) is 7.40. The van der Waals surface area contributed by atoms with Crippen molar-refractivity contribution in [3.63, 3.8) is 0 Å². The van der Waals surface area contributed by atoms with Crippen molar-refractivity contribution in [1.82, 2.24) is 9.80 Å². The summed E-state index contributed by atoms with van der Waals surface area (Å²) in [7, 11) is 3.20. The number of carbonyl (C=O) groups excluding carboxylic acids is 2. The lowest BCUT2D eigenvalue weighted by Crippen LogP contribution is -2.52. The summed E-state index contributed by atoms with van der Waals surface area (Å²) in [6.45, 7) is 2.49. The van der Waals surface area contributed by atoms with Crippen LogP contribution < -0.4 is 9.47 Å². The molecule has 6 heteroatoms. The number of benzene rings is 1. The minimum Gasteiger partial charge on any atom is -0.497 e. The highest BCUT2D eigenvalue weighted by molar-refractivity contribution is 5.81. The number of piperazine rings is 1. The number of hydrogen-bond donors (Lipinski definition) is 0. The van der Waals surface area contributed by atoms with Crippen molar-refractivity contribution in [2.24, 2.45) is 5.92 Å². The summed E-state index contributed by atoms with van der Waals surface area (Å²) in [5.74, 6) is 1.93. The monoisotopic (exact) mass is 374 g/mol. The first-order chi connectivity index (χ1) is 13.1. The van der Waals surface area contributed by atoms with Crippen LogP contribution in [0.3, 0.4) is 0 Å². The highest BCUT2D eigenvalue weighted by Crippen LogP contribution is 2.27. The van der Waals surface area contributed by atoms with Gasteiger partial charge in [-0.25, -0.2) is 0 Å². The molecule has 0 radical (unpaired) electrons. The molecule has 2 aliphatic rings. The summed E-state index contributed by atoms with van der Waals surface area (Å²) in [5, 5.41) is 0. The van der Waals surface area contributed by atoms with Gasteiger partial charge in [-0.05, 0) is 18.9 Å². The Bertz CT molecular complexity index is 662. The van der Waals surface area contributed by atoms with Crippen molar-refractivity contribution in [3.05, 3.63) is 23.8 Å². The maximum atomic E-state index is 12.7. The van der Waals surface area contributed by atoms with Crippen LogP contribution in [0.5, 0.6) is 11.5 Å². The number of amides is 2. The van der Waals surface area contributed by atoms with Crippen LogP contribution in [0.1, 0.15) is 37.7 Å². The highest BCUT2D eigenvalue weighted by atomic mass is 16.5. The zero-order valence-corrected chi connectivity index (χ0v) is 16.4. The molecule has 1 saturated carbocycles. The summed E-state index contributed by atoms with van der Waals surface area (Å²) in [6, 6.07) is 5.51. The van der Waals surface area contributed by atoms with Gasteiger partial charge < -0.3 is 19.3 Å². The molecule has 27 heavy (non-hydrogen) atoms. The minimum absolute atomic E-state index is 0.0724. The third-order valence-corrected chi connectivity index (χ3v) is 5.73. The first-order valence-corrected chi connectivity index (χ1v) is 9.90. The summed E-state index contributed by atoms with van der Waals surface area (Å²) in [5.41, 5.74) is 0.851. The van der Waals surface area contributed by atoms with Gasteiger partial charge in [-0.3, -0.25) is 9.59 Å². The lowest BCUT2D eigenvalue weighted by molar-refractivity contribution is -0.142. The molecular weight excluding hydrogens is 344 g/mol. The van der Waals surface area contributed by atoms with Crippen LogP contribution in [0.15, 0.2) is 18.2 Å². The van der Waals surface area contributed by atoms with Crippen LogP contribution in [0.25, 0.3) is 0 Å². The molecular formula is C21H30N2O4. The number of rotatable bonds is 5. The number of methoxy groups -OCH3 is 2. The van der Waals surface area contributed by atoms with Crippen molar-refractivity contribution < 1.29 is 19.1 Å². The van der Waals surface area contributed by atoms with E-state index in [4.69, 9.17) is 9.47 Å². The van der Waals surface area contributed by atoms with Crippen molar-refractivity contribution in [2.75, 3.05) is 40.4 Å². The fraction of sp³-hybridized carbons (Fsp3) is 0.619.